The number of hydrogen-bond acceptors (Lipinski definition) is 3. The predicted molar refractivity (Wildman–Crippen MR) is 28.5 cm³/mol. The van der Waals surface area contributed by atoms with Crippen LogP contribution in [0.15, 0.2) is 0 Å². The van der Waals surface area contributed by atoms with Crippen LogP contribution in [0.1, 0.15) is 13.3 Å². The molecule has 4 heteroatoms. The summed E-state index contributed by atoms with van der Waals surface area (Å²) in [4.78, 5) is 10.1. The van der Waals surface area contributed by atoms with Crippen molar-refractivity contribution in [2.45, 2.75) is 19.4 Å². The summed E-state index contributed by atoms with van der Waals surface area (Å²) < 4.78 is 5.01. The average molecular weight is 136 g/mol. The van der Waals surface area contributed by atoms with Gasteiger partial charge in [0, 0.05) is 18.5 Å². The molecule has 1 aliphatic rings. The molecule has 0 bridgehead atoms. The Morgan fingerprint density at radius 1 is 1.80 bits per heavy atom. The summed E-state index contributed by atoms with van der Waals surface area (Å²) >= 11 is 0. The van der Waals surface area contributed by atoms with Crippen molar-refractivity contribution in [1.29, 1.82) is 0 Å². The Bertz CT molecular complexity index is 126. The van der Waals surface area contributed by atoms with E-state index in [9.17, 15) is 9.90 Å². The van der Waals surface area contributed by atoms with Crippen LogP contribution in [-0.2, 0) is 9.53 Å². The molecule has 1 aliphatic carbocycles. The zero-order chi connectivity index (χ0) is 6.85. The monoisotopic (exact) mass is 136 g/mol. The number of carboxylic acids is 1. The molecule has 3 nitrogen and oxygen atoms in total. The van der Waals surface area contributed by atoms with E-state index in [-0.39, 0.29) is 30.9 Å². The van der Waals surface area contributed by atoms with E-state index in [1.165, 1.54) is 0 Å². The summed E-state index contributed by atoms with van der Waals surface area (Å²) in [5, 5.41) is 10.1. The summed E-state index contributed by atoms with van der Waals surface area (Å²) in [6.45, 7) is 2.44. The number of ether oxygens (including phenoxy) is 1. The largest absolute Gasteiger partial charge is 1.00 e. The van der Waals surface area contributed by atoms with E-state index in [2.05, 4.69) is 0 Å². The summed E-state index contributed by atoms with van der Waals surface area (Å²) in [5.74, 6) is -1.31. The van der Waals surface area contributed by atoms with E-state index in [0.29, 0.717) is 13.0 Å². The Labute approximate surface area is 71.9 Å². The fourth-order valence-corrected chi connectivity index (χ4v) is 0.818. The molecule has 1 rings (SSSR count). The van der Waals surface area contributed by atoms with Gasteiger partial charge in [0.1, 0.15) is 0 Å². The molecule has 0 saturated heterocycles. The minimum Gasteiger partial charge on any atom is -0.550 e. The first-order valence-corrected chi connectivity index (χ1v) is 3.08. The van der Waals surface area contributed by atoms with Gasteiger partial charge >= 0.3 is 18.9 Å². The van der Waals surface area contributed by atoms with Gasteiger partial charge in [-0.1, -0.05) is 0 Å². The normalized spacial score (nSPS) is 28.9. The van der Waals surface area contributed by atoms with Crippen molar-refractivity contribution in [3.63, 3.8) is 0 Å². The Morgan fingerprint density at radius 2 is 2.40 bits per heavy atom. The summed E-state index contributed by atoms with van der Waals surface area (Å²) in [6.07, 6.45) is 0.580. The minimum absolute atomic E-state index is 0. The standard InChI is InChI=1S/C6H10O3.Li/c1-2-9-5-3-4(5)6(7)8;/h4-5H,2-3H2,1H3,(H,7,8);/q;+1/p-1. The SMILES string of the molecule is CCOC1CC1C(=O)[O-].[Li+]. The van der Waals surface area contributed by atoms with Crippen LogP contribution in [0.2, 0.25) is 0 Å². The molecule has 10 heavy (non-hydrogen) atoms. The minimum atomic E-state index is -0.978. The first-order valence-electron chi connectivity index (χ1n) is 3.08. The van der Waals surface area contributed by atoms with Gasteiger partial charge in [-0.05, 0) is 13.3 Å². The first-order chi connectivity index (χ1) is 4.25. The first kappa shape index (κ1) is 10.0. The number of rotatable bonds is 3. The van der Waals surface area contributed by atoms with Gasteiger partial charge in [0.2, 0.25) is 0 Å². The molecule has 0 aromatic rings. The summed E-state index contributed by atoms with van der Waals surface area (Å²) in [5.41, 5.74) is 0. The molecular formula is C6H9LiO3. The maximum Gasteiger partial charge on any atom is 1.00 e. The quantitative estimate of drug-likeness (QED) is 0.373. The Balaban J connectivity index is 0.000000810. The Hall–Kier alpha value is 0.0274. The van der Waals surface area contributed by atoms with Gasteiger partial charge in [-0.3, -0.25) is 0 Å². The molecule has 0 aromatic heterocycles. The second-order valence-electron chi connectivity index (χ2n) is 2.16. The number of aliphatic carboxylic acids is 1. The number of carbonyl (C=O) groups is 1. The van der Waals surface area contributed by atoms with Crippen LogP contribution in [0.4, 0.5) is 0 Å². The molecule has 1 saturated carbocycles. The van der Waals surface area contributed by atoms with Crippen LogP contribution in [-0.4, -0.2) is 18.7 Å². The van der Waals surface area contributed by atoms with E-state index in [4.69, 9.17) is 4.74 Å². The van der Waals surface area contributed by atoms with Gasteiger partial charge in [0.25, 0.3) is 0 Å². The van der Waals surface area contributed by atoms with Crippen molar-refractivity contribution < 1.29 is 33.5 Å². The van der Waals surface area contributed by atoms with E-state index in [1.54, 1.807) is 0 Å². The van der Waals surface area contributed by atoms with Gasteiger partial charge in [-0.25, -0.2) is 0 Å². The van der Waals surface area contributed by atoms with Crippen LogP contribution in [0.5, 0.6) is 0 Å². The molecule has 2 unspecified atom stereocenters. The summed E-state index contributed by atoms with van der Waals surface area (Å²) in [6, 6.07) is 0. The molecule has 2 atom stereocenters. The molecule has 0 radical (unpaired) electrons. The average Bonchev–Trinajstić information content (AvgIpc) is 2.47. The maximum atomic E-state index is 10.1. The molecule has 1 fully saturated rings. The van der Waals surface area contributed by atoms with Crippen LogP contribution in [0, 0.1) is 5.92 Å². The van der Waals surface area contributed by atoms with E-state index < -0.39 is 5.97 Å². The van der Waals surface area contributed by atoms with Crippen molar-refractivity contribution in [1.82, 2.24) is 0 Å². The number of carbonyl (C=O) groups excluding carboxylic acids is 1. The second kappa shape index (κ2) is 4.02. The molecule has 0 amide bonds. The zero-order valence-electron chi connectivity index (χ0n) is 6.29. The topological polar surface area (TPSA) is 49.4 Å². The Morgan fingerprint density at radius 3 is 2.70 bits per heavy atom. The third kappa shape index (κ3) is 2.34. The van der Waals surface area contributed by atoms with E-state index in [0.717, 1.165) is 0 Å². The van der Waals surface area contributed by atoms with Crippen molar-refractivity contribution in [3.05, 3.63) is 0 Å². The van der Waals surface area contributed by atoms with Gasteiger partial charge in [-0.15, -0.1) is 0 Å². The summed E-state index contributed by atoms with van der Waals surface area (Å²) in [7, 11) is 0. The molecule has 0 heterocycles. The molecule has 0 aromatic carbocycles. The molecule has 0 aliphatic heterocycles. The fraction of sp³-hybridized carbons (Fsp3) is 0.833. The van der Waals surface area contributed by atoms with Gasteiger partial charge in [0.15, 0.2) is 0 Å². The third-order valence-corrected chi connectivity index (χ3v) is 1.42. The van der Waals surface area contributed by atoms with Crippen molar-refractivity contribution in [2.75, 3.05) is 6.61 Å². The van der Waals surface area contributed by atoms with Crippen molar-refractivity contribution in [3.8, 4) is 0 Å². The molecule has 0 spiro atoms. The maximum absolute atomic E-state index is 10.1. The van der Waals surface area contributed by atoms with E-state index >= 15 is 0 Å². The second-order valence-corrected chi connectivity index (χ2v) is 2.16. The molecular weight excluding hydrogens is 127 g/mol. The molecule has 52 valence electrons. The zero-order valence-corrected chi connectivity index (χ0v) is 6.29. The van der Waals surface area contributed by atoms with Gasteiger partial charge < -0.3 is 14.6 Å². The van der Waals surface area contributed by atoms with Gasteiger partial charge in [-0.2, -0.15) is 0 Å². The Kier molecular flexibility index (Phi) is 4.03. The predicted octanol–water partition coefficient (Wildman–Crippen LogP) is -3.83. The molecule has 0 N–H and O–H groups in total. The van der Waals surface area contributed by atoms with Crippen molar-refractivity contribution >= 4 is 5.97 Å². The number of carboxylic acid groups (broad SMARTS) is 1. The van der Waals surface area contributed by atoms with Crippen LogP contribution >= 0.6 is 0 Å². The van der Waals surface area contributed by atoms with Crippen molar-refractivity contribution in [2.24, 2.45) is 5.92 Å². The smallest absolute Gasteiger partial charge is 0.550 e. The number of hydrogen-bond donors (Lipinski definition) is 0. The third-order valence-electron chi connectivity index (χ3n) is 1.42. The van der Waals surface area contributed by atoms with Gasteiger partial charge in [0.05, 0.1) is 6.10 Å². The van der Waals surface area contributed by atoms with E-state index in [1.807, 2.05) is 6.92 Å². The van der Waals surface area contributed by atoms with Crippen LogP contribution in [0.3, 0.4) is 0 Å². The fourth-order valence-electron chi connectivity index (χ4n) is 0.818. The van der Waals surface area contributed by atoms with Crippen LogP contribution < -0.4 is 24.0 Å². The van der Waals surface area contributed by atoms with Crippen LogP contribution in [0.25, 0.3) is 0 Å².